The summed E-state index contributed by atoms with van der Waals surface area (Å²) in [6, 6.07) is 17.0. The fraction of sp³-hybridized carbons (Fsp3) is 0.214. The number of thiophene rings is 1. The first-order chi connectivity index (χ1) is 18.5. The van der Waals surface area contributed by atoms with Gasteiger partial charge in [-0.15, -0.1) is 23.7 Å². The van der Waals surface area contributed by atoms with E-state index in [1.807, 2.05) is 35.2 Å². The molecule has 0 radical (unpaired) electrons. The molecule has 5 rings (SSSR count). The van der Waals surface area contributed by atoms with Crippen LogP contribution in [0.4, 0.5) is 10.1 Å². The molecule has 0 saturated carbocycles. The van der Waals surface area contributed by atoms with E-state index in [0.717, 1.165) is 37.9 Å². The first-order valence-electron chi connectivity index (χ1n) is 12.3. The van der Waals surface area contributed by atoms with Gasteiger partial charge in [0.25, 0.3) is 5.91 Å². The Morgan fingerprint density at radius 2 is 1.79 bits per heavy atom. The topological polar surface area (TPSA) is 83.6 Å². The minimum Gasteiger partial charge on any atom is -0.453 e. The smallest absolute Gasteiger partial charge is 0.264 e. The number of aromatic nitrogens is 1. The maximum atomic E-state index is 14.9. The zero-order valence-corrected chi connectivity index (χ0v) is 23.3. The molecule has 7 nitrogen and oxygen atoms in total. The molecule has 11 heteroatoms. The molecule has 0 bridgehead atoms. The number of hydrogen-bond donors (Lipinski definition) is 2. The van der Waals surface area contributed by atoms with E-state index in [4.69, 9.17) is 17.0 Å². The first kappa shape index (κ1) is 28.4. The molecule has 2 aromatic heterocycles. The average Bonchev–Trinajstić information content (AvgIpc) is 3.36. The predicted molar refractivity (Wildman–Crippen MR) is 158 cm³/mol. The Kier molecular flexibility index (Phi) is 9.45. The number of halogens is 2. The number of carbonyl (C=O) groups is 2. The molecular weight excluding hydrogens is 559 g/mol. The van der Waals surface area contributed by atoms with Crippen molar-refractivity contribution in [1.82, 2.24) is 15.2 Å². The fourth-order valence-electron chi connectivity index (χ4n) is 4.25. The van der Waals surface area contributed by atoms with Crippen molar-refractivity contribution in [2.45, 2.75) is 25.7 Å². The van der Waals surface area contributed by atoms with E-state index >= 15 is 0 Å². The van der Waals surface area contributed by atoms with Crippen LogP contribution in [-0.4, -0.2) is 39.9 Å². The molecule has 2 aromatic carbocycles. The van der Waals surface area contributed by atoms with Gasteiger partial charge < -0.3 is 20.3 Å². The molecule has 2 N–H and O–H groups in total. The Bertz CT molecular complexity index is 1490. The van der Waals surface area contributed by atoms with E-state index in [1.165, 1.54) is 23.5 Å². The molecule has 4 aromatic rings. The van der Waals surface area contributed by atoms with E-state index in [9.17, 15) is 14.0 Å². The minimum atomic E-state index is -0.612. The van der Waals surface area contributed by atoms with Gasteiger partial charge in [0.15, 0.2) is 16.7 Å². The van der Waals surface area contributed by atoms with E-state index in [-0.39, 0.29) is 41.5 Å². The highest BCUT2D eigenvalue weighted by molar-refractivity contribution is 7.80. The highest BCUT2D eigenvalue weighted by Gasteiger charge is 2.22. The predicted octanol–water partition coefficient (Wildman–Crippen LogP) is 6.33. The van der Waals surface area contributed by atoms with Crippen LogP contribution in [0.25, 0.3) is 10.2 Å². The number of nitrogens with zero attached hydrogens (tertiary/aromatic N) is 2. The second-order valence-corrected chi connectivity index (χ2v) is 10.4. The SMILES string of the molecule is Cl.O=C(Cc1ccccc1)NC(=S)Nc1ccc(Oc2ccnc3cc(C(=O)N4CCCCC4)sc23)c(F)c1. The molecule has 202 valence electrons. The maximum Gasteiger partial charge on any atom is 0.264 e. The normalized spacial score (nSPS) is 12.9. The molecule has 1 fully saturated rings. The summed E-state index contributed by atoms with van der Waals surface area (Å²) in [6.45, 7) is 1.52. The third kappa shape index (κ3) is 7.08. The Balaban J connectivity index is 0.00000353. The second kappa shape index (κ2) is 13.0. The van der Waals surface area contributed by atoms with Crippen molar-refractivity contribution < 1.29 is 18.7 Å². The van der Waals surface area contributed by atoms with Crippen molar-refractivity contribution in [2.24, 2.45) is 0 Å². The molecule has 0 atom stereocenters. The van der Waals surface area contributed by atoms with Crippen LogP contribution >= 0.6 is 36.0 Å². The van der Waals surface area contributed by atoms with Gasteiger partial charge in [-0.25, -0.2) is 4.39 Å². The lowest BCUT2D eigenvalue weighted by molar-refractivity contribution is -0.119. The minimum absolute atomic E-state index is 0. The molecule has 39 heavy (non-hydrogen) atoms. The number of hydrogen-bond acceptors (Lipinski definition) is 6. The van der Waals surface area contributed by atoms with Crippen LogP contribution < -0.4 is 15.4 Å². The van der Waals surface area contributed by atoms with Crippen molar-refractivity contribution in [3.63, 3.8) is 0 Å². The highest BCUT2D eigenvalue weighted by atomic mass is 35.5. The standard InChI is InChI=1S/C28H25FN4O3S2.ClH/c29-20-16-19(31-28(37)32-25(34)15-18-7-3-1-4-8-18)9-10-22(20)36-23-11-12-30-21-17-24(38-26(21)23)27(35)33-13-5-2-6-14-33;/h1,3-4,7-12,16-17H,2,5-6,13-15H2,(H2,31,32,34,37);1H. The molecule has 1 aliphatic rings. The first-order valence-corrected chi connectivity index (χ1v) is 13.5. The van der Waals surface area contributed by atoms with Gasteiger partial charge in [0.05, 0.1) is 21.5 Å². The van der Waals surface area contributed by atoms with Gasteiger partial charge in [-0.3, -0.25) is 14.6 Å². The third-order valence-electron chi connectivity index (χ3n) is 6.10. The van der Waals surface area contributed by atoms with Gasteiger partial charge in [0.1, 0.15) is 5.75 Å². The van der Waals surface area contributed by atoms with Crippen LogP contribution in [0, 0.1) is 5.82 Å². The summed E-state index contributed by atoms with van der Waals surface area (Å²) in [7, 11) is 0. The van der Waals surface area contributed by atoms with Crippen molar-refractivity contribution in [1.29, 1.82) is 0 Å². The molecule has 0 unspecified atom stereocenters. The van der Waals surface area contributed by atoms with Crippen LogP contribution in [0.3, 0.4) is 0 Å². The lowest BCUT2D eigenvalue weighted by Gasteiger charge is -2.26. The fourth-order valence-corrected chi connectivity index (χ4v) is 5.51. The number of likely N-dealkylation sites (tertiary alicyclic amines) is 1. The number of benzene rings is 2. The summed E-state index contributed by atoms with van der Waals surface area (Å²) < 4.78 is 21.5. The van der Waals surface area contributed by atoms with Crippen LogP contribution in [0.5, 0.6) is 11.5 Å². The van der Waals surface area contributed by atoms with E-state index in [2.05, 4.69) is 15.6 Å². The largest absolute Gasteiger partial charge is 0.453 e. The Morgan fingerprint density at radius 1 is 1.03 bits per heavy atom. The van der Waals surface area contributed by atoms with E-state index in [1.54, 1.807) is 24.4 Å². The summed E-state index contributed by atoms with van der Waals surface area (Å²) >= 11 is 6.50. The number of carbonyl (C=O) groups excluding carboxylic acids is 2. The van der Waals surface area contributed by atoms with E-state index < -0.39 is 5.82 Å². The van der Waals surface area contributed by atoms with E-state index in [0.29, 0.717) is 26.5 Å². The maximum absolute atomic E-state index is 14.9. The Hall–Kier alpha value is -3.60. The second-order valence-electron chi connectivity index (χ2n) is 8.90. The number of thiocarbonyl (C=S) groups is 1. The van der Waals surface area contributed by atoms with Gasteiger partial charge in [0.2, 0.25) is 5.91 Å². The third-order valence-corrected chi connectivity index (χ3v) is 7.43. The van der Waals surface area contributed by atoms with Crippen LogP contribution in [0.1, 0.15) is 34.5 Å². The van der Waals surface area contributed by atoms with Gasteiger partial charge in [-0.1, -0.05) is 30.3 Å². The molecule has 3 heterocycles. The Labute approximate surface area is 240 Å². The van der Waals surface area contributed by atoms with Crippen molar-refractivity contribution in [3.8, 4) is 11.5 Å². The number of ether oxygens (including phenoxy) is 1. The average molecular weight is 585 g/mol. The van der Waals surface area contributed by atoms with Crippen molar-refractivity contribution in [2.75, 3.05) is 18.4 Å². The number of piperidine rings is 1. The zero-order chi connectivity index (χ0) is 26.5. The van der Waals surface area contributed by atoms with Crippen molar-refractivity contribution >= 4 is 68.8 Å². The van der Waals surface area contributed by atoms with Gasteiger partial charge >= 0.3 is 0 Å². The van der Waals surface area contributed by atoms with Gasteiger partial charge in [0, 0.05) is 37.1 Å². The number of fused-ring (bicyclic) bond motifs is 1. The number of pyridine rings is 1. The van der Waals surface area contributed by atoms with Gasteiger partial charge in [-0.2, -0.15) is 0 Å². The number of rotatable bonds is 6. The quantitative estimate of drug-likeness (QED) is 0.258. The summed E-state index contributed by atoms with van der Waals surface area (Å²) in [6.07, 6.45) is 4.92. The number of anilines is 1. The summed E-state index contributed by atoms with van der Waals surface area (Å²) in [5.41, 5.74) is 1.85. The summed E-state index contributed by atoms with van der Waals surface area (Å²) in [5, 5.41) is 5.49. The van der Waals surface area contributed by atoms with Gasteiger partial charge in [-0.05, 0) is 55.2 Å². The molecule has 1 aliphatic heterocycles. The highest BCUT2D eigenvalue weighted by Crippen LogP contribution is 2.36. The van der Waals surface area contributed by atoms with Crippen LogP contribution in [0.15, 0.2) is 66.9 Å². The van der Waals surface area contributed by atoms with Crippen LogP contribution in [-0.2, 0) is 11.2 Å². The summed E-state index contributed by atoms with van der Waals surface area (Å²) in [5.74, 6) is -0.461. The lowest BCUT2D eigenvalue weighted by Crippen LogP contribution is -2.35. The Morgan fingerprint density at radius 3 is 2.54 bits per heavy atom. The number of nitrogens with one attached hydrogen (secondary N) is 2. The molecular formula is C28H26ClFN4O3S2. The molecule has 0 aliphatic carbocycles. The number of amides is 2. The molecule has 1 saturated heterocycles. The lowest BCUT2D eigenvalue weighted by atomic mass is 10.1. The van der Waals surface area contributed by atoms with Crippen molar-refractivity contribution in [3.05, 3.63) is 83.1 Å². The molecule has 2 amide bonds. The monoisotopic (exact) mass is 584 g/mol. The summed E-state index contributed by atoms with van der Waals surface area (Å²) in [4.78, 5) is 32.0. The van der Waals surface area contributed by atoms with Crippen LogP contribution in [0.2, 0.25) is 0 Å². The zero-order valence-electron chi connectivity index (χ0n) is 20.8. The molecule has 0 spiro atoms.